The van der Waals surface area contributed by atoms with Gasteiger partial charge in [-0.3, -0.25) is 24.5 Å². The van der Waals surface area contributed by atoms with E-state index in [2.05, 4.69) is 74.9 Å². The number of hydrogen-bond donors (Lipinski definition) is 5. The highest BCUT2D eigenvalue weighted by atomic mass is 28.4. The Balaban J connectivity index is 2.91. The smallest absolute Gasteiger partial charge is 0.321 e. The number of carboxylic acids is 1. The molecule has 0 unspecified atom stereocenters. The summed E-state index contributed by atoms with van der Waals surface area (Å²) < 4.78 is 54.2. The summed E-state index contributed by atoms with van der Waals surface area (Å²) >= 11 is 0. The van der Waals surface area contributed by atoms with E-state index in [0.717, 1.165) is 0 Å². The summed E-state index contributed by atoms with van der Waals surface area (Å²) in [7, 11) is -11.4. The van der Waals surface area contributed by atoms with E-state index in [-0.39, 0.29) is 19.1 Å². The van der Waals surface area contributed by atoms with E-state index in [9.17, 15) is 24.3 Å². The molecule has 332 valence electrons. The van der Waals surface area contributed by atoms with Crippen LogP contribution in [0.25, 0.3) is 0 Å². The predicted octanol–water partition coefficient (Wildman–Crippen LogP) is 3.11. The Bertz CT molecular complexity index is 1370. The molecule has 0 aromatic rings. The van der Waals surface area contributed by atoms with Crippen LogP contribution in [0.3, 0.4) is 0 Å². The molecule has 57 heavy (non-hydrogen) atoms. The van der Waals surface area contributed by atoms with Crippen molar-refractivity contribution in [2.75, 3.05) is 13.2 Å². The van der Waals surface area contributed by atoms with Gasteiger partial charge in [-0.05, 0) is 98.2 Å². The number of rotatable bonds is 21. The number of nitrogens with one attached hydrogen (secondary N) is 3. The van der Waals surface area contributed by atoms with Gasteiger partial charge in [0.25, 0.3) is 0 Å². The Kier molecular flexibility index (Phi) is 18.6. The topological polar surface area (TPSA) is 224 Å². The molecule has 2 saturated heterocycles. The fourth-order valence-electron chi connectivity index (χ4n) is 6.40. The molecule has 2 fully saturated rings. The molecule has 22 heteroatoms. The first-order valence-electron chi connectivity index (χ1n) is 19.7. The van der Waals surface area contributed by atoms with E-state index in [1.165, 1.54) is 13.8 Å². The van der Waals surface area contributed by atoms with Gasteiger partial charge in [-0.1, -0.05) is 0 Å². The molecule has 0 spiro atoms. The van der Waals surface area contributed by atoms with Crippen LogP contribution in [0.2, 0.25) is 98.2 Å². The van der Waals surface area contributed by atoms with Crippen molar-refractivity contribution in [3.8, 4) is 0 Å². The first kappa shape index (κ1) is 51.7. The highest BCUT2D eigenvalue weighted by molar-refractivity contribution is 6.71. The summed E-state index contributed by atoms with van der Waals surface area (Å²) in [6.07, 6.45) is -7.86. The van der Waals surface area contributed by atoms with Gasteiger partial charge in [0, 0.05) is 13.8 Å². The molecule has 0 aliphatic carbocycles. The van der Waals surface area contributed by atoms with E-state index >= 15 is 0 Å². The van der Waals surface area contributed by atoms with Gasteiger partial charge >= 0.3 is 5.97 Å². The number of carboxylic acid groups (broad SMARTS) is 1. The third-order valence-corrected chi connectivity index (χ3v) is 13.3. The van der Waals surface area contributed by atoms with Crippen LogP contribution in [0.15, 0.2) is 0 Å². The van der Waals surface area contributed by atoms with Crippen LogP contribution in [0.5, 0.6) is 0 Å². The summed E-state index contributed by atoms with van der Waals surface area (Å²) in [5.74, 6) is -2.96. The zero-order valence-corrected chi connectivity index (χ0v) is 42.4. The monoisotopic (exact) mass is 898 g/mol. The van der Waals surface area contributed by atoms with E-state index < -0.39 is 133 Å². The van der Waals surface area contributed by atoms with Crippen LogP contribution in [-0.2, 0) is 55.5 Å². The Morgan fingerprint density at radius 2 is 1.02 bits per heavy atom. The van der Waals surface area contributed by atoms with Gasteiger partial charge in [0.15, 0.2) is 47.9 Å². The quantitative estimate of drug-likeness (QED) is 0.105. The summed E-state index contributed by atoms with van der Waals surface area (Å²) in [4.78, 5) is 50.3. The molecule has 0 saturated carbocycles. The van der Waals surface area contributed by atoms with Gasteiger partial charge in [0.05, 0.1) is 37.9 Å². The largest absolute Gasteiger partial charge is 0.480 e. The first-order valence-corrected chi connectivity index (χ1v) is 36.8. The van der Waals surface area contributed by atoms with Crippen molar-refractivity contribution < 1.29 is 60.6 Å². The molecule has 2 rings (SSSR count). The third kappa shape index (κ3) is 18.8. The highest BCUT2D eigenvalue weighted by Gasteiger charge is 2.56. The van der Waals surface area contributed by atoms with Gasteiger partial charge in [-0.2, -0.15) is 0 Å². The Hall–Kier alpha value is -1.40. The van der Waals surface area contributed by atoms with Crippen LogP contribution in [0, 0.1) is 0 Å². The van der Waals surface area contributed by atoms with Crippen molar-refractivity contribution >= 4 is 65.3 Å². The van der Waals surface area contributed by atoms with Crippen LogP contribution in [0.1, 0.15) is 20.3 Å². The average molecular weight is 899 g/mol. The molecular formula is C35H74N4O13Si5. The molecule has 0 bridgehead atoms. The van der Waals surface area contributed by atoms with E-state index in [1.54, 1.807) is 0 Å². The minimum Gasteiger partial charge on any atom is -0.480 e. The number of ether oxygens (including phenoxy) is 3. The molecule has 0 aromatic carbocycles. The molecular weight excluding hydrogens is 825 g/mol. The molecule has 2 heterocycles. The third-order valence-electron chi connectivity index (χ3n) is 8.27. The van der Waals surface area contributed by atoms with Crippen molar-refractivity contribution in [1.82, 2.24) is 16.0 Å². The number of aliphatic carboxylic acids is 1. The number of amides is 3. The zero-order valence-electron chi connectivity index (χ0n) is 37.4. The Morgan fingerprint density at radius 3 is 1.40 bits per heavy atom. The van der Waals surface area contributed by atoms with Crippen molar-refractivity contribution in [3.63, 3.8) is 0 Å². The average Bonchev–Trinajstić information content (AvgIpc) is 2.97. The summed E-state index contributed by atoms with van der Waals surface area (Å²) in [5.41, 5.74) is 5.44. The lowest BCUT2D eigenvalue weighted by Crippen LogP contribution is -2.73. The molecule has 3 amide bonds. The maximum absolute atomic E-state index is 13.1. The first-order chi connectivity index (χ1) is 25.6. The van der Waals surface area contributed by atoms with E-state index in [0.29, 0.717) is 0 Å². The predicted molar refractivity (Wildman–Crippen MR) is 229 cm³/mol. The van der Waals surface area contributed by atoms with Crippen LogP contribution >= 0.6 is 0 Å². The highest BCUT2D eigenvalue weighted by Crippen LogP contribution is 2.36. The number of primary amides is 1. The van der Waals surface area contributed by atoms with E-state index in [4.69, 9.17) is 42.1 Å². The second kappa shape index (κ2) is 20.4. The number of nitrogens with two attached hydrogens (primary N) is 1. The van der Waals surface area contributed by atoms with Gasteiger partial charge < -0.3 is 57.8 Å². The Morgan fingerprint density at radius 1 is 0.614 bits per heavy atom. The summed E-state index contributed by atoms with van der Waals surface area (Å²) in [6, 6.07) is -3.37. The SMILES string of the molecule is CC(=O)N[C@@H]1[C@@H](O[Si](C)(C)C)[C@H](O[C@@H]2O[C@H](CO[Si](C)(C)C)[C@@H](O[Si](C)(C)C)[C@H](O[Si](C)(C)C)[C@H]2NC(C)=O)[C@@H](CO[Si](C)(C)C)O[C@H]1N[C@@H](CC(N)=O)C(=O)O. The minimum atomic E-state index is -2.52. The zero-order chi connectivity index (χ0) is 44.1. The maximum atomic E-state index is 13.1. The van der Waals surface area contributed by atoms with Gasteiger partial charge in [0.1, 0.15) is 42.7 Å². The van der Waals surface area contributed by atoms with Crippen molar-refractivity contribution in [3.05, 3.63) is 0 Å². The van der Waals surface area contributed by atoms with Gasteiger partial charge in [-0.25, -0.2) is 0 Å². The molecule has 2 aliphatic rings. The van der Waals surface area contributed by atoms with Gasteiger partial charge in [0.2, 0.25) is 17.7 Å². The molecule has 11 atom stereocenters. The summed E-state index contributed by atoms with van der Waals surface area (Å²) in [6.45, 7) is 33.6. The summed E-state index contributed by atoms with van der Waals surface area (Å²) in [5, 5.41) is 19.0. The Labute approximate surface area is 345 Å². The van der Waals surface area contributed by atoms with E-state index in [1.807, 2.05) is 39.3 Å². The number of carbonyl (C=O) groups is 4. The van der Waals surface area contributed by atoms with Crippen molar-refractivity contribution in [2.24, 2.45) is 5.73 Å². The van der Waals surface area contributed by atoms with Crippen molar-refractivity contribution in [1.29, 1.82) is 0 Å². The second-order valence-electron chi connectivity index (χ2n) is 19.9. The molecule has 6 N–H and O–H groups in total. The van der Waals surface area contributed by atoms with Crippen LogP contribution in [-0.4, -0.2) is 151 Å². The van der Waals surface area contributed by atoms with Crippen molar-refractivity contribution in [2.45, 2.75) is 186 Å². The fraction of sp³-hybridized carbons (Fsp3) is 0.886. The molecule has 0 radical (unpaired) electrons. The van der Waals surface area contributed by atoms with Gasteiger partial charge in [-0.15, -0.1) is 0 Å². The molecule has 0 aromatic heterocycles. The lowest BCUT2D eigenvalue weighted by Gasteiger charge is -2.53. The standard InChI is InChI=1S/C35H74N4O13Si5/c1-21(40)37-27-31(51-56(12,13)14)29(24(19-45-53(3,4)5)47-33(27)39-23(34(43)44)18-26(36)42)49-35-28(38-22(2)41)32(52-57(15,16)17)30(50-55(9,10)11)25(48-35)20-46-54(6,7)8/h23-25,27-33,35,39H,18-20H2,1-17H3,(H2,36,42)(H,37,40)(H,38,41)(H,43,44)/t23-,24+,25+,27+,28+,29+,30+,31+,32+,33+,35-/m0/s1. The number of carbonyl (C=O) groups excluding carboxylic acids is 3. The fourth-order valence-corrected chi connectivity index (χ4v) is 11.0. The molecule has 17 nitrogen and oxygen atoms in total. The normalized spacial score (nSPS) is 29.7. The lowest BCUT2D eigenvalue weighted by molar-refractivity contribution is -0.310. The van der Waals surface area contributed by atoms with Crippen LogP contribution < -0.4 is 21.7 Å². The number of hydrogen-bond acceptors (Lipinski definition) is 13. The minimum absolute atomic E-state index is 0.000354. The van der Waals surface area contributed by atoms with Crippen LogP contribution in [0.4, 0.5) is 0 Å². The lowest BCUT2D eigenvalue weighted by atomic mass is 9.93. The second-order valence-corrected chi connectivity index (χ2v) is 42.3. The molecule has 2 aliphatic heterocycles. The maximum Gasteiger partial charge on any atom is 0.321 e.